The summed E-state index contributed by atoms with van der Waals surface area (Å²) in [5.74, 6) is -2.75. The second kappa shape index (κ2) is 7.20. The van der Waals surface area contributed by atoms with Gasteiger partial charge in [-0.05, 0) is 37.6 Å². The van der Waals surface area contributed by atoms with Crippen LogP contribution in [0.3, 0.4) is 0 Å². The fraction of sp³-hybridized carbons (Fsp3) is 0.294. The van der Waals surface area contributed by atoms with E-state index >= 15 is 0 Å². The van der Waals surface area contributed by atoms with Gasteiger partial charge in [0.15, 0.2) is 11.6 Å². The van der Waals surface area contributed by atoms with Crippen LogP contribution in [0.4, 0.5) is 13.2 Å². The normalized spacial score (nSPS) is 10.6. The summed E-state index contributed by atoms with van der Waals surface area (Å²) in [6, 6.07) is 6.66. The first-order valence-corrected chi connectivity index (χ1v) is 7.12. The summed E-state index contributed by atoms with van der Waals surface area (Å²) in [6.07, 6.45) is 0.794. The lowest BCUT2D eigenvalue weighted by Crippen LogP contribution is -2.00. The van der Waals surface area contributed by atoms with Crippen molar-refractivity contribution in [2.24, 2.45) is 0 Å². The molecule has 5 heteroatoms. The summed E-state index contributed by atoms with van der Waals surface area (Å²) < 4.78 is 52.4. The van der Waals surface area contributed by atoms with E-state index in [0.717, 1.165) is 6.42 Å². The molecule has 0 bridgehead atoms. The maximum absolute atomic E-state index is 14.1. The van der Waals surface area contributed by atoms with Gasteiger partial charge >= 0.3 is 0 Å². The lowest BCUT2D eigenvalue weighted by Gasteiger charge is -2.11. The number of hydrogen-bond donors (Lipinski definition) is 0. The molecular weight excluding hydrogens is 293 g/mol. The molecule has 118 valence electrons. The van der Waals surface area contributed by atoms with Crippen LogP contribution in [-0.4, -0.2) is 13.2 Å². The van der Waals surface area contributed by atoms with Crippen LogP contribution in [0.15, 0.2) is 30.3 Å². The van der Waals surface area contributed by atoms with Crippen LogP contribution in [0.2, 0.25) is 0 Å². The molecule has 0 saturated heterocycles. The molecule has 0 amide bonds. The molecule has 0 aliphatic heterocycles. The van der Waals surface area contributed by atoms with Gasteiger partial charge in [0.1, 0.15) is 11.6 Å². The van der Waals surface area contributed by atoms with Crippen LogP contribution in [0.1, 0.15) is 20.3 Å². The Morgan fingerprint density at radius 1 is 0.864 bits per heavy atom. The van der Waals surface area contributed by atoms with Crippen molar-refractivity contribution in [3.8, 4) is 22.6 Å². The molecule has 0 unspecified atom stereocenters. The third-order valence-corrected chi connectivity index (χ3v) is 3.05. The van der Waals surface area contributed by atoms with Gasteiger partial charge in [-0.15, -0.1) is 0 Å². The van der Waals surface area contributed by atoms with Gasteiger partial charge < -0.3 is 9.47 Å². The highest BCUT2D eigenvalue weighted by atomic mass is 19.2. The van der Waals surface area contributed by atoms with E-state index in [4.69, 9.17) is 9.47 Å². The molecule has 0 fully saturated rings. The van der Waals surface area contributed by atoms with Crippen LogP contribution in [0.25, 0.3) is 11.1 Å². The number of ether oxygens (including phenoxy) is 2. The maximum atomic E-state index is 14.1. The minimum atomic E-state index is -1.13. The number of halogens is 3. The molecule has 22 heavy (non-hydrogen) atoms. The predicted molar refractivity (Wildman–Crippen MR) is 78.7 cm³/mol. The topological polar surface area (TPSA) is 18.5 Å². The monoisotopic (exact) mass is 310 g/mol. The molecule has 2 rings (SSSR count). The summed E-state index contributed by atoms with van der Waals surface area (Å²) in [7, 11) is 0. The molecule has 2 nitrogen and oxygen atoms in total. The third kappa shape index (κ3) is 3.35. The van der Waals surface area contributed by atoms with Gasteiger partial charge in [-0.2, -0.15) is 4.39 Å². The summed E-state index contributed by atoms with van der Waals surface area (Å²) in [5, 5.41) is 0. The van der Waals surface area contributed by atoms with Crippen molar-refractivity contribution in [2.75, 3.05) is 13.2 Å². The molecule has 2 aromatic rings. The highest BCUT2D eigenvalue weighted by Gasteiger charge is 2.18. The quantitative estimate of drug-likeness (QED) is 0.751. The molecule has 0 atom stereocenters. The summed E-state index contributed by atoms with van der Waals surface area (Å²) in [4.78, 5) is 0. The maximum Gasteiger partial charge on any atom is 0.201 e. The standard InChI is InChI=1S/C17H17F3O2/c1-3-9-22-11-5-6-12(14(18)10-11)13-7-8-15(21-4-2)17(20)16(13)19/h5-8,10H,3-4,9H2,1-2H3. The van der Waals surface area contributed by atoms with Crippen molar-refractivity contribution in [1.29, 1.82) is 0 Å². The molecular formula is C17H17F3O2. The zero-order valence-electron chi connectivity index (χ0n) is 12.5. The van der Waals surface area contributed by atoms with Crippen LogP contribution >= 0.6 is 0 Å². The number of rotatable bonds is 6. The van der Waals surface area contributed by atoms with Gasteiger partial charge in [-0.25, -0.2) is 8.78 Å². The Morgan fingerprint density at radius 2 is 1.59 bits per heavy atom. The van der Waals surface area contributed by atoms with Gasteiger partial charge in [-0.1, -0.05) is 6.92 Å². The summed E-state index contributed by atoms with van der Waals surface area (Å²) >= 11 is 0. The Morgan fingerprint density at radius 3 is 2.23 bits per heavy atom. The fourth-order valence-electron chi connectivity index (χ4n) is 2.03. The van der Waals surface area contributed by atoms with Crippen LogP contribution in [0, 0.1) is 17.5 Å². The second-order valence-corrected chi connectivity index (χ2v) is 4.66. The Balaban J connectivity index is 2.38. The van der Waals surface area contributed by atoms with E-state index in [0.29, 0.717) is 12.4 Å². The largest absolute Gasteiger partial charge is 0.494 e. The zero-order valence-corrected chi connectivity index (χ0v) is 12.5. The van der Waals surface area contributed by atoms with Crippen LogP contribution in [0.5, 0.6) is 11.5 Å². The van der Waals surface area contributed by atoms with Crippen molar-refractivity contribution >= 4 is 0 Å². The lowest BCUT2D eigenvalue weighted by molar-refractivity contribution is 0.314. The summed E-state index contributed by atoms with van der Waals surface area (Å²) in [5.41, 5.74) is -0.177. The fourth-order valence-corrected chi connectivity index (χ4v) is 2.03. The van der Waals surface area contributed by atoms with E-state index in [9.17, 15) is 13.2 Å². The van der Waals surface area contributed by atoms with E-state index in [2.05, 4.69) is 0 Å². The highest BCUT2D eigenvalue weighted by molar-refractivity contribution is 5.66. The average molecular weight is 310 g/mol. The van der Waals surface area contributed by atoms with Crippen molar-refractivity contribution in [1.82, 2.24) is 0 Å². The zero-order chi connectivity index (χ0) is 16.1. The Hall–Kier alpha value is -2.17. The average Bonchev–Trinajstić information content (AvgIpc) is 2.51. The first-order valence-electron chi connectivity index (χ1n) is 7.12. The highest BCUT2D eigenvalue weighted by Crippen LogP contribution is 2.32. The number of hydrogen-bond acceptors (Lipinski definition) is 2. The minimum Gasteiger partial charge on any atom is -0.494 e. The first kappa shape index (κ1) is 16.2. The van der Waals surface area contributed by atoms with Crippen molar-refractivity contribution in [3.63, 3.8) is 0 Å². The van der Waals surface area contributed by atoms with Crippen LogP contribution in [-0.2, 0) is 0 Å². The SMILES string of the molecule is CCCOc1ccc(-c2ccc(OCC)c(F)c2F)c(F)c1. The minimum absolute atomic E-state index is 0.0247. The molecule has 0 aromatic heterocycles. The van der Waals surface area contributed by atoms with Gasteiger partial charge in [0.05, 0.1) is 13.2 Å². The molecule has 0 aliphatic carbocycles. The third-order valence-electron chi connectivity index (χ3n) is 3.05. The Kier molecular flexibility index (Phi) is 5.31. The molecule has 2 aromatic carbocycles. The van der Waals surface area contributed by atoms with E-state index in [1.807, 2.05) is 6.92 Å². The van der Waals surface area contributed by atoms with Gasteiger partial charge in [0.25, 0.3) is 0 Å². The molecule has 0 saturated carbocycles. The van der Waals surface area contributed by atoms with Crippen molar-refractivity contribution < 1.29 is 22.6 Å². The Labute approximate surface area is 127 Å². The molecule has 0 radical (unpaired) electrons. The van der Waals surface area contributed by atoms with E-state index in [-0.39, 0.29) is 23.5 Å². The number of benzene rings is 2. The lowest BCUT2D eigenvalue weighted by atomic mass is 10.0. The van der Waals surface area contributed by atoms with Crippen LogP contribution < -0.4 is 9.47 Å². The molecule has 0 spiro atoms. The second-order valence-electron chi connectivity index (χ2n) is 4.66. The van der Waals surface area contributed by atoms with E-state index in [1.54, 1.807) is 6.92 Å². The first-order chi connectivity index (χ1) is 10.6. The van der Waals surface area contributed by atoms with E-state index < -0.39 is 17.5 Å². The van der Waals surface area contributed by atoms with E-state index in [1.165, 1.54) is 30.3 Å². The molecule has 0 heterocycles. The predicted octanol–water partition coefficient (Wildman–Crippen LogP) is 4.96. The smallest absolute Gasteiger partial charge is 0.201 e. The summed E-state index contributed by atoms with van der Waals surface area (Å²) in [6.45, 7) is 4.28. The van der Waals surface area contributed by atoms with Gasteiger partial charge in [0, 0.05) is 17.2 Å². The van der Waals surface area contributed by atoms with Gasteiger partial charge in [-0.3, -0.25) is 0 Å². The van der Waals surface area contributed by atoms with Gasteiger partial charge in [0.2, 0.25) is 5.82 Å². The molecule has 0 aliphatic rings. The Bertz CT molecular complexity index is 657. The van der Waals surface area contributed by atoms with Crippen molar-refractivity contribution in [2.45, 2.75) is 20.3 Å². The van der Waals surface area contributed by atoms with Crippen molar-refractivity contribution in [3.05, 3.63) is 47.8 Å². The molecule has 0 N–H and O–H groups in total.